The molecule has 0 aromatic heterocycles. The molecule has 8 heteroatoms. The number of nitrogens with one attached hydrogen (secondary N) is 1. The summed E-state index contributed by atoms with van der Waals surface area (Å²) in [5.74, 6) is -0.138. The molecule has 0 fully saturated rings. The fourth-order valence-corrected chi connectivity index (χ4v) is 3.86. The Bertz CT molecular complexity index is 1410. The summed E-state index contributed by atoms with van der Waals surface area (Å²) in [7, 11) is 0. The predicted molar refractivity (Wildman–Crippen MR) is 137 cm³/mol. The first-order valence-electron chi connectivity index (χ1n) is 10.8. The molecule has 0 aliphatic heterocycles. The Kier molecular flexibility index (Phi) is 7.62. The first-order valence-corrected chi connectivity index (χ1v) is 11.6. The zero-order valence-corrected chi connectivity index (χ0v) is 20.4. The van der Waals surface area contributed by atoms with Gasteiger partial charge in [-0.25, -0.2) is 9.82 Å². The van der Waals surface area contributed by atoms with Crippen molar-refractivity contribution in [3.05, 3.63) is 99.8 Å². The fourth-order valence-electron chi connectivity index (χ4n) is 3.43. The number of fused-ring (bicyclic) bond motifs is 1. The summed E-state index contributed by atoms with van der Waals surface area (Å²) in [6, 6.07) is 20.4. The van der Waals surface area contributed by atoms with Crippen molar-refractivity contribution in [1.82, 2.24) is 5.43 Å². The smallest absolute Gasteiger partial charge is 0.275 e. The number of nitrogens with zero attached hydrogens (tertiary/aromatic N) is 1. The second-order valence-electron chi connectivity index (χ2n) is 7.55. The SMILES string of the molecule is CCOc1cc(C=NNC(=O)c2cc3ccccc3cc2O)c(Br)cc1OCc1ccccc1F. The number of ether oxygens (including phenoxy) is 2. The molecule has 6 nitrogen and oxygen atoms in total. The van der Waals surface area contributed by atoms with Gasteiger partial charge in [0.15, 0.2) is 11.5 Å². The lowest BCUT2D eigenvalue weighted by Gasteiger charge is -2.14. The number of benzene rings is 4. The second-order valence-corrected chi connectivity index (χ2v) is 8.40. The minimum Gasteiger partial charge on any atom is -0.507 e. The number of phenolic OH excluding ortho intramolecular Hbond substituents is 1. The largest absolute Gasteiger partial charge is 0.507 e. The van der Waals surface area contributed by atoms with E-state index in [2.05, 4.69) is 26.5 Å². The quantitative estimate of drug-likeness (QED) is 0.208. The average molecular weight is 537 g/mol. The number of hydrogen-bond acceptors (Lipinski definition) is 5. The maximum absolute atomic E-state index is 13.9. The summed E-state index contributed by atoms with van der Waals surface area (Å²) in [6.07, 6.45) is 1.45. The molecule has 0 spiro atoms. The molecule has 0 bridgehead atoms. The maximum Gasteiger partial charge on any atom is 0.275 e. The van der Waals surface area contributed by atoms with Crippen molar-refractivity contribution in [3.63, 3.8) is 0 Å². The molecule has 1 amide bonds. The van der Waals surface area contributed by atoms with Gasteiger partial charge in [-0.1, -0.05) is 42.5 Å². The van der Waals surface area contributed by atoms with E-state index in [1.54, 1.807) is 42.5 Å². The minimum atomic E-state index is -0.546. The van der Waals surface area contributed by atoms with Crippen LogP contribution in [0, 0.1) is 5.82 Å². The van der Waals surface area contributed by atoms with Crippen LogP contribution in [0.4, 0.5) is 4.39 Å². The lowest BCUT2D eigenvalue weighted by Crippen LogP contribution is -2.17. The highest BCUT2D eigenvalue weighted by molar-refractivity contribution is 9.10. The van der Waals surface area contributed by atoms with Gasteiger partial charge in [0.1, 0.15) is 18.2 Å². The number of carbonyl (C=O) groups is 1. The van der Waals surface area contributed by atoms with Crippen LogP contribution < -0.4 is 14.9 Å². The maximum atomic E-state index is 13.9. The van der Waals surface area contributed by atoms with Crippen molar-refractivity contribution in [2.24, 2.45) is 5.10 Å². The van der Waals surface area contributed by atoms with Crippen LogP contribution in [0.15, 0.2) is 82.4 Å². The topological polar surface area (TPSA) is 80.2 Å². The van der Waals surface area contributed by atoms with Crippen molar-refractivity contribution in [2.75, 3.05) is 6.61 Å². The van der Waals surface area contributed by atoms with Gasteiger partial charge in [0, 0.05) is 15.6 Å². The van der Waals surface area contributed by atoms with Crippen LogP contribution in [-0.4, -0.2) is 23.8 Å². The Morgan fingerprint density at radius 3 is 2.46 bits per heavy atom. The second kappa shape index (κ2) is 11.0. The number of rotatable bonds is 8. The van der Waals surface area contributed by atoms with Gasteiger partial charge in [-0.3, -0.25) is 4.79 Å². The number of halogens is 2. The number of hydrogen-bond donors (Lipinski definition) is 2. The number of carbonyl (C=O) groups excluding carboxylic acids is 1. The lowest BCUT2D eigenvalue weighted by molar-refractivity contribution is 0.0952. The molecule has 0 aliphatic carbocycles. The van der Waals surface area contributed by atoms with Gasteiger partial charge in [0.2, 0.25) is 0 Å². The fraction of sp³-hybridized carbons (Fsp3) is 0.111. The van der Waals surface area contributed by atoms with Crippen LogP contribution in [0.5, 0.6) is 17.2 Å². The predicted octanol–water partition coefficient (Wildman–Crippen LogP) is 6.19. The number of phenols is 1. The van der Waals surface area contributed by atoms with Crippen molar-refractivity contribution in [1.29, 1.82) is 0 Å². The Hall–Kier alpha value is -3.91. The van der Waals surface area contributed by atoms with Gasteiger partial charge >= 0.3 is 0 Å². The summed E-state index contributed by atoms with van der Waals surface area (Å²) in [5, 5.41) is 15.9. The Morgan fingerprint density at radius 2 is 1.71 bits per heavy atom. The molecule has 35 heavy (non-hydrogen) atoms. The first-order chi connectivity index (χ1) is 17.0. The van der Waals surface area contributed by atoms with Crippen LogP contribution >= 0.6 is 15.9 Å². The van der Waals surface area contributed by atoms with Crippen LogP contribution in [0.1, 0.15) is 28.4 Å². The number of amides is 1. The third kappa shape index (κ3) is 5.78. The molecule has 4 aromatic carbocycles. The highest BCUT2D eigenvalue weighted by Gasteiger charge is 2.14. The monoisotopic (exact) mass is 536 g/mol. The zero-order valence-electron chi connectivity index (χ0n) is 18.8. The van der Waals surface area contributed by atoms with E-state index in [4.69, 9.17) is 9.47 Å². The Labute approximate surface area is 210 Å². The first kappa shape index (κ1) is 24.2. The Balaban J connectivity index is 1.50. The van der Waals surface area contributed by atoms with E-state index in [-0.39, 0.29) is 23.7 Å². The molecule has 0 saturated carbocycles. The third-order valence-electron chi connectivity index (χ3n) is 5.18. The zero-order chi connectivity index (χ0) is 24.8. The highest BCUT2D eigenvalue weighted by Crippen LogP contribution is 2.34. The molecule has 4 rings (SSSR count). The summed E-state index contributed by atoms with van der Waals surface area (Å²) >= 11 is 3.47. The molecule has 0 radical (unpaired) electrons. The molecule has 0 unspecified atom stereocenters. The van der Waals surface area contributed by atoms with E-state index in [9.17, 15) is 14.3 Å². The van der Waals surface area contributed by atoms with E-state index in [0.29, 0.717) is 33.7 Å². The van der Waals surface area contributed by atoms with Gasteiger partial charge in [-0.2, -0.15) is 5.10 Å². The van der Waals surface area contributed by atoms with Crippen LogP contribution in [0.3, 0.4) is 0 Å². The Morgan fingerprint density at radius 1 is 1.03 bits per heavy atom. The van der Waals surface area contributed by atoms with Gasteiger partial charge in [0.05, 0.1) is 18.4 Å². The lowest BCUT2D eigenvalue weighted by atomic mass is 10.1. The van der Waals surface area contributed by atoms with Crippen molar-refractivity contribution in [2.45, 2.75) is 13.5 Å². The molecule has 0 saturated heterocycles. The highest BCUT2D eigenvalue weighted by atomic mass is 79.9. The average Bonchev–Trinajstić information content (AvgIpc) is 2.85. The summed E-state index contributed by atoms with van der Waals surface area (Å²) in [5.41, 5.74) is 3.60. The summed E-state index contributed by atoms with van der Waals surface area (Å²) in [4.78, 5) is 12.6. The molecule has 0 heterocycles. The van der Waals surface area contributed by atoms with Crippen LogP contribution in [0.2, 0.25) is 0 Å². The third-order valence-corrected chi connectivity index (χ3v) is 5.87. The van der Waals surface area contributed by atoms with Crippen LogP contribution in [-0.2, 0) is 6.61 Å². The molecule has 4 aromatic rings. The summed E-state index contributed by atoms with van der Waals surface area (Å²) in [6.45, 7) is 2.27. The van der Waals surface area contributed by atoms with Crippen molar-refractivity contribution in [3.8, 4) is 17.2 Å². The standard InChI is InChI=1S/C27H22BrFN2O4/c1-2-34-25-13-20(22(28)14-26(25)35-16-19-9-5-6-10-23(19)29)15-30-31-27(33)21-11-17-7-3-4-8-18(17)12-24(21)32/h3-15,32H,2,16H2,1H3,(H,31,33). The van der Waals surface area contributed by atoms with E-state index < -0.39 is 5.91 Å². The van der Waals surface area contributed by atoms with Crippen molar-refractivity contribution >= 4 is 38.8 Å². The minimum absolute atomic E-state index is 0.0396. The van der Waals surface area contributed by atoms with Crippen molar-refractivity contribution < 1.29 is 23.8 Å². The molecule has 0 atom stereocenters. The molecule has 2 N–H and O–H groups in total. The van der Waals surface area contributed by atoms with Gasteiger partial charge in [-0.15, -0.1) is 0 Å². The van der Waals surface area contributed by atoms with E-state index in [0.717, 1.165) is 10.8 Å². The number of aromatic hydroxyl groups is 1. The van der Waals surface area contributed by atoms with E-state index in [1.807, 2.05) is 31.2 Å². The van der Waals surface area contributed by atoms with E-state index >= 15 is 0 Å². The molecular formula is C27H22BrFN2O4. The molecule has 178 valence electrons. The van der Waals surface area contributed by atoms with Gasteiger partial charge in [-0.05, 0) is 64.0 Å². The van der Waals surface area contributed by atoms with E-state index in [1.165, 1.54) is 12.3 Å². The van der Waals surface area contributed by atoms with Gasteiger partial charge < -0.3 is 14.6 Å². The van der Waals surface area contributed by atoms with Gasteiger partial charge in [0.25, 0.3) is 5.91 Å². The number of hydrazone groups is 1. The normalized spacial score (nSPS) is 11.1. The molecule has 0 aliphatic rings. The molecular weight excluding hydrogens is 515 g/mol. The summed E-state index contributed by atoms with van der Waals surface area (Å²) < 4.78 is 26.0. The van der Waals surface area contributed by atoms with Crippen LogP contribution in [0.25, 0.3) is 10.8 Å².